The predicted molar refractivity (Wildman–Crippen MR) is 588 cm³/mol. The molecule has 18 rings (SSSR count). The van der Waals surface area contributed by atoms with Crippen LogP contribution in [0.2, 0.25) is 0 Å². The number of fused-ring (bicyclic) bond motifs is 4. The van der Waals surface area contributed by atoms with Crippen molar-refractivity contribution in [1.82, 2.24) is 78.2 Å². The summed E-state index contributed by atoms with van der Waals surface area (Å²) in [5, 5.41) is 107. The molecule has 14 aromatic rings. The molecule has 0 saturated carbocycles. The number of nitrogens with zero attached hydrogens (tertiary/aromatic N) is 16. The first kappa shape index (κ1) is 115. The molecule has 12 heterocycles. The lowest BCUT2D eigenvalue weighted by molar-refractivity contribution is 0.263. The van der Waals surface area contributed by atoms with Crippen molar-refractivity contribution >= 4 is 145 Å². The van der Waals surface area contributed by atoms with Crippen molar-refractivity contribution in [2.24, 2.45) is 0 Å². The van der Waals surface area contributed by atoms with Crippen LogP contribution in [0.4, 0.5) is 35.2 Å². The molecule has 6 aromatic carbocycles. The van der Waals surface area contributed by atoms with Gasteiger partial charge in [-0.15, -0.1) is 34.8 Å². The van der Waals surface area contributed by atoms with Gasteiger partial charge in [0.25, 0.3) is 0 Å². The number of aliphatic hydroxyl groups is 5. The lowest BCUT2D eigenvalue weighted by atomic mass is 10.1. The number of aliphatic hydroxyl groups excluding tert-OH is 5. The maximum atomic E-state index is 10.6. The van der Waals surface area contributed by atoms with Crippen LogP contribution in [-0.2, 0) is 61.0 Å². The van der Waals surface area contributed by atoms with E-state index in [9.17, 15) is 35.7 Å². The van der Waals surface area contributed by atoms with Gasteiger partial charge in [0.15, 0.2) is 0 Å². The second kappa shape index (κ2) is 57.2. The number of benzene rings is 6. The summed E-state index contributed by atoms with van der Waals surface area (Å²) in [6.45, 7) is 28.1. The molecule has 32 nitrogen and oxygen atoms in total. The van der Waals surface area contributed by atoms with E-state index >= 15 is 0 Å². The number of pyridine rings is 4. The summed E-state index contributed by atoms with van der Waals surface area (Å²) in [6.07, 6.45) is 8.50. The predicted octanol–water partition coefficient (Wildman–Crippen LogP) is 17.4. The molecule has 0 aliphatic carbocycles. The molecule has 0 amide bonds. The van der Waals surface area contributed by atoms with Crippen LogP contribution in [0.15, 0.2) is 158 Å². The zero-order valence-electron chi connectivity index (χ0n) is 83.7. The van der Waals surface area contributed by atoms with Crippen LogP contribution in [0.25, 0.3) is 44.1 Å². The van der Waals surface area contributed by atoms with Gasteiger partial charge in [-0.25, -0.2) is 24.1 Å². The van der Waals surface area contributed by atoms with E-state index in [1.54, 1.807) is 36.4 Å². The Morgan fingerprint density at radius 1 is 0.389 bits per heavy atom. The van der Waals surface area contributed by atoms with Crippen molar-refractivity contribution in [3.05, 3.63) is 248 Å². The number of likely N-dealkylation sites (tertiary alicyclic amines) is 3. The Hall–Kier alpha value is -11.0. The first-order valence-corrected chi connectivity index (χ1v) is 52.6. The highest BCUT2D eigenvalue weighted by molar-refractivity contribution is 8.26. The molecular weight excluding hydrogens is 1950 g/mol. The fourth-order valence-electron chi connectivity index (χ4n) is 17.8. The summed E-state index contributed by atoms with van der Waals surface area (Å²) < 4.78 is 17.4. The molecular formula is C106H143Cl5N22O10S. The summed E-state index contributed by atoms with van der Waals surface area (Å²) in [6, 6.07) is 52.2. The average Bonchev–Trinajstić information content (AvgIpc) is 1.65. The van der Waals surface area contributed by atoms with Crippen molar-refractivity contribution < 1.29 is 50.2 Å². The molecule has 15 N–H and O–H groups in total. The van der Waals surface area contributed by atoms with Crippen LogP contribution in [0.5, 0.6) is 23.0 Å². The van der Waals surface area contributed by atoms with Crippen LogP contribution >= 0.6 is 56.2 Å². The molecule has 0 unspecified atom stereocenters. The largest absolute Gasteiger partial charge is 0.506 e. The van der Waals surface area contributed by atoms with E-state index in [0.717, 1.165) is 235 Å². The monoisotopic (exact) mass is 2090 g/mol. The zero-order chi connectivity index (χ0) is 103. The third-order valence-electron chi connectivity index (χ3n) is 25.2. The minimum atomic E-state index is -1.67. The Kier molecular flexibility index (Phi) is 45.7. The lowest BCUT2D eigenvalue weighted by Gasteiger charge is -2.30. The minimum Gasteiger partial charge on any atom is -0.506 e. The number of aromatic nitrogens is 12. The number of rotatable bonds is 27. The molecule has 0 bridgehead atoms. The maximum Gasteiger partial charge on any atom is 0.211 e. The fourth-order valence-corrected chi connectivity index (χ4v) is 18.0. The highest BCUT2D eigenvalue weighted by Crippen LogP contribution is 2.35. The van der Waals surface area contributed by atoms with Crippen molar-refractivity contribution in [3.63, 3.8) is 0 Å². The molecule has 4 aliphatic heterocycles. The number of aryl methyl sites for hydroxylation is 8. The van der Waals surface area contributed by atoms with Crippen LogP contribution < -0.4 is 36.8 Å². The van der Waals surface area contributed by atoms with E-state index in [1.807, 2.05) is 97.5 Å². The Bertz CT molecular complexity index is 6240. The third kappa shape index (κ3) is 33.8. The molecule has 4 aliphatic rings. The standard InChI is InChI=1S/C31H40N6O2.C21H26ClN5O.C21H27N5O2.C20H25N5O2.C10H15NO.CH2Cl2.CH4O.CH4.Cl2OS/c1-21-15-22(2)17-26(16-21)36(13-14-38)19-24-6-7-27-29(18-24)37(20-28-30(39)8-5-23(3)32-28)31(34-27)33-25-9-11-35(4)12-10-25;1-14-3-6-20(28)18(23-14)13-27-19-11-15(12-22)4-5-17(19)25-21(27)24-16-7-9-26(2)10-8-16;1-14-3-6-20(28)18(22-14)12-26-19-11-15(13-27)4-5-17(19)24-21(26)23-16-7-9-25(2)10-8-16;1-13-2-5-19(27)17(22-13)11-25-18-10-14(12-26)3-4-16(18)24-20(25)23-15-6-8-21-9-7-15;1-8-5-9(2)7-10(6-8)11-3-4-12;2-1-3;1-2;;1-4(2)3/h5-8,15-18,25,38-39H,9-14,19-20H2,1-4H3,(H,33,34);3-6,11,16,28H,7-10,12-13H2,1-2H3,(H,24,25);3-6,11,16,27-28H,7-10,12-13H2,1-2H3,(H,23,24);2-5,10,15,21,26-27H,6-9,11-12H2,1H3,(H,23,24);5-7,11-12H,3-4H2,1-2H3;1H2;2H,1H3;1H4;. The van der Waals surface area contributed by atoms with Crippen LogP contribution in [0.3, 0.4) is 0 Å². The Labute approximate surface area is 871 Å². The molecule has 778 valence electrons. The molecule has 144 heavy (non-hydrogen) atoms. The van der Waals surface area contributed by atoms with Gasteiger partial charge in [-0.3, -0.25) is 19.9 Å². The average molecular weight is 2090 g/mol. The second-order valence-corrected chi connectivity index (χ2v) is 40.2. The summed E-state index contributed by atoms with van der Waals surface area (Å²) >= 11 is 15.6. The number of aromatic hydroxyl groups is 4. The van der Waals surface area contributed by atoms with Gasteiger partial charge in [0.1, 0.15) is 45.8 Å². The topological polar surface area (TPSA) is 407 Å². The first-order chi connectivity index (χ1) is 68.8. The molecule has 0 radical (unpaired) electrons. The van der Waals surface area contributed by atoms with Gasteiger partial charge in [0, 0.05) is 112 Å². The number of alkyl halides is 3. The van der Waals surface area contributed by atoms with Gasteiger partial charge < -0.3 is 116 Å². The molecule has 0 spiro atoms. The third-order valence-corrected chi connectivity index (χ3v) is 25.5. The second-order valence-electron chi connectivity index (χ2n) is 36.6. The molecule has 38 heteroatoms. The number of piperidine rings is 4. The smallest absolute Gasteiger partial charge is 0.211 e. The van der Waals surface area contributed by atoms with Crippen molar-refractivity contribution in [1.29, 1.82) is 0 Å². The summed E-state index contributed by atoms with van der Waals surface area (Å²) in [4.78, 5) is 46.8. The summed E-state index contributed by atoms with van der Waals surface area (Å²) in [5.74, 6) is 4.37. The van der Waals surface area contributed by atoms with Crippen LogP contribution in [0.1, 0.15) is 149 Å². The van der Waals surface area contributed by atoms with Gasteiger partial charge in [0.2, 0.25) is 33.0 Å². The molecule has 0 atom stereocenters. The number of anilines is 6. The molecule has 8 aromatic heterocycles. The Morgan fingerprint density at radius 2 is 0.674 bits per heavy atom. The van der Waals surface area contributed by atoms with E-state index in [-0.39, 0.29) is 62.2 Å². The zero-order valence-corrected chi connectivity index (χ0v) is 88.3. The lowest BCUT2D eigenvalue weighted by Crippen LogP contribution is -2.37. The normalized spacial score (nSPS) is 14.3. The number of hydrogen-bond donors (Lipinski definition) is 15. The van der Waals surface area contributed by atoms with E-state index in [2.05, 4.69) is 211 Å². The fraction of sp³-hybridized carbons (Fsp3) is 0.434. The van der Waals surface area contributed by atoms with Crippen molar-refractivity contribution in [2.75, 3.05) is 144 Å². The summed E-state index contributed by atoms with van der Waals surface area (Å²) in [7, 11) is 14.8. The van der Waals surface area contributed by atoms with E-state index in [4.69, 9.17) is 69.2 Å². The number of hydrogen-bond acceptors (Lipinski definition) is 28. The van der Waals surface area contributed by atoms with E-state index in [0.29, 0.717) is 98.6 Å². The maximum absolute atomic E-state index is 10.6. The van der Waals surface area contributed by atoms with Crippen LogP contribution in [0, 0.1) is 55.4 Å². The SMILES string of the molecule is C.CO.Cc1cc(C)cc(N(CCO)Cc2ccc3nc(NC4CCN(C)CC4)n(Cc4nc(C)ccc4O)c3c2)c1.Cc1cc(C)cc(NCCO)c1.Cc1ccc(O)c(Cn2c(NC3CCN(C)CC3)nc3ccc(CCl)cc32)n1.Cc1ccc(O)c(Cn2c(NC3CCN(C)CC3)nc3ccc(CO)cc32)n1.Cc1ccc(O)c(Cn2c(NC3CCNCC3)nc3ccc(CO)cc32)n1.ClCCl.O=S(Cl)Cl. The first-order valence-electron chi connectivity index (χ1n) is 48.2. The Morgan fingerprint density at radius 3 is 0.972 bits per heavy atom. The van der Waals surface area contributed by atoms with Gasteiger partial charge >= 0.3 is 0 Å². The van der Waals surface area contributed by atoms with Crippen molar-refractivity contribution in [2.45, 2.75) is 190 Å². The van der Waals surface area contributed by atoms with Gasteiger partial charge in [-0.05, 0) is 346 Å². The van der Waals surface area contributed by atoms with E-state index in [1.165, 1.54) is 22.3 Å². The van der Waals surface area contributed by atoms with Gasteiger partial charge in [-0.1, -0.05) is 43.8 Å². The highest BCUT2D eigenvalue weighted by Gasteiger charge is 2.28. The Balaban J connectivity index is 0.000000186. The van der Waals surface area contributed by atoms with Gasteiger partial charge in [0.05, 0.1) is 102 Å². The van der Waals surface area contributed by atoms with E-state index < -0.39 is 9.23 Å². The number of halogens is 5. The molecule has 4 saturated heterocycles. The summed E-state index contributed by atoms with van der Waals surface area (Å²) in [5.41, 5.74) is 24.2. The number of nitrogens with one attached hydrogen (secondary N) is 6. The highest BCUT2D eigenvalue weighted by atomic mass is 36.0. The quantitative estimate of drug-likeness (QED) is 0.0168. The van der Waals surface area contributed by atoms with Crippen molar-refractivity contribution in [3.8, 4) is 23.0 Å². The number of imidazole rings is 4. The molecule has 4 fully saturated rings. The minimum absolute atomic E-state index is 0. The van der Waals surface area contributed by atoms with Gasteiger partial charge in [-0.2, -0.15) is 0 Å². The van der Waals surface area contributed by atoms with Crippen LogP contribution in [-0.4, -0.2) is 259 Å².